The van der Waals surface area contributed by atoms with E-state index in [4.69, 9.17) is 21.8 Å². The van der Waals surface area contributed by atoms with Gasteiger partial charge in [0.1, 0.15) is 5.82 Å². The van der Waals surface area contributed by atoms with E-state index >= 15 is 0 Å². The average Bonchev–Trinajstić information content (AvgIpc) is 2.63. The van der Waals surface area contributed by atoms with Gasteiger partial charge < -0.3 is 5.32 Å². The number of nitrogens with zero attached hydrogens (tertiary/aromatic N) is 3. The highest BCUT2D eigenvalue weighted by molar-refractivity contribution is 6.30. The number of halogens is 1. The molecule has 0 amide bonds. The summed E-state index contributed by atoms with van der Waals surface area (Å²) in [6.07, 6.45) is 1.24. The van der Waals surface area contributed by atoms with Gasteiger partial charge in [0.2, 0.25) is 0 Å². The third-order valence-electron chi connectivity index (χ3n) is 4.15. The molecular formula is C21H19ClN4. The van der Waals surface area contributed by atoms with Gasteiger partial charge in [0.05, 0.1) is 12.5 Å². The van der Waals surface area contributed by atoms with E-state index in [-0.39, 0.29) is 0 Å². The van der Waals surface area contributed by atoms with Gasteiger partial charge in [0.15, 0.2) is 5.82 Å². The predicted octanol–water partition coefficient (Wildman–Crippen LogP) is 5.48. The molecule has 1 N–H and O–H groups in total. The van der Waals surface area contributed by atoms with Crippen LogP contribution in [0.1, 0.15) is 23.7 Å². The average molecular weight is 363 g/mol. The van der Waals surface area contributed by atoms with Gasteiger partial charge in [-0.3, -0.25) is 0 Å². The zero-order valence-electron chi connectivity index (χ0n) is 14.8. The first-order chi connectivity index (χ1) is 12.6. The molecule has 0 saturated carbocycles. The molecule has 2 aromatic carbocycles. The van der Waals surface area contributed by atoms with E-state index in [9.17, 15) is 0 Å². The van der Waals surface area contributed by atoms with Crippen LogP contribution in [0.5, 0.6) is 0 Å². The van der Waals surface area contributed by atoms with Crippen LogP contribution in [-0.4, -0.2) is 9.97 Å². The quantitative estimate of drug-likeness (QED) is 0.653. The lowest BCUT2D eigenvalue weighted by Gasteiger charge is -2.14. The van der Waals surface area contributed by atoms with Crippen molar-refractivity contribution >= 4 is 23.1 Å². The lowest BCUT2D eigenvalue weighted by atomic mass is 10.1. The van der Waals surface area contributed by atoms with Crippen molar-refractivity contribution in [1.82, 2.24) is 9.97 Å². The lowest BCUT2D eigenvalue weighted by Crippen LogP contribution is -2.05. The number of anilines is 2. The topological polar surface area (TPSA) is 61.6 Å². The maximum Gasteiger partial charge on any atom is 0.161 e. The lowest BCUT2D eigenvalue weighted by molar-refractivity contribution is 1.01. The summed E-state index contributed by atoms with van der Waals surface area (Å²) in [5.74, 6) is 1.44. The maximum absolute atomic E-state index is 8.79. The van der Waals surface area contributed by atoms with Crippen molar-refractivity contribution < 1.29 is 0 Å². The molecule has 0 atom stereocenters. The zero-order valence-corrected chi connectivity index (χ0v) is 15.5. The highest BCUT2D eigenvalue weighted by Gasteiger charge is 2.12. The molecule has 1 heterocycles. The van der Waals surface area contributed by atoms with Crippen LogP contribution in [-0.2, 0) is 12.8 Å². The van der Waals surface area contributed by atoms with Crippen LogP contribution in [0.25, 0.3) is 11.4 Å². The van der Waals surface area contributed by atoms with Crippen LogP contribution in [0, 0.1) is 18.3 Å². The smallest absolute Gasteiger partial charge is 0.161 e. The van der Waals surface area contributed by atoms with E-state index in [1.54, 1.807) is 0 Å². The van der Waals surface area contributed by atoms with Gasteiger partial charge in [-0.2, -0.15) is 5.26 Å². The minimum atomic E-state index is 0.409. The Morgan fingerprint density at radius 1 is 1.12 bits per heavy atom. The van der Waals surface area contributed by atoms with Gasteiger partial charge >= 0.3 is 0 Å². The Kier molecular flexibility index (Phi) is 5.50. The van der Waals surface area contributed by atoms with E-state index in [1.165, 1.54) is 0 Å². The third-order valence-corrected chi connectivity index (χ3v) is 4.39. The fourth-order valence-electron chi connectivity index (χ4n) is 2.81. The number of aromatic nitrogens is 2. The second-order valence-corrected chi connectivity index (χ2v) is 6.42. The number of nitrogens with one attached hydrogen (secondary N) is 1. The molecule has 0 bridgehead atoms. The van der Waals surface area contributed by atoms with Gasteiger partial charge in [-0.05, 0) is 43.2 Å². The fourth-order valence-corrected chi connectivity index (χ4v) is 3.00. The molecule has 0 aliphatic heterocycles. The molecule has 5 heteroatoms. The summed E-state index contributed by atoms with van der Waals surface area (Å²) in [7, 11) is 0. The van der Waals surface area contributed by atoms with Crippen LogP contribution in [0.4, 0.5) is 11.5 Å². The van der Waals surface area contributed by atoms with Crippen molar-refractivity contribution in [2.24, 2.45) is 0 Å². The first kappa shape index (κ1) is 17.9. The van der Waals surface area contributed by atoms with Gasteiger partial charge in [0, 0.05) is 27.5 Å². The summed E-state index contributed by atoms with van der Waals surface area (Å²) in [4.78, 5) is 9.39. The van der Waals surface area contributed by atoms with Gasteiger partial charge in [-0.25, -0.2) is 9.97 Å². The summed E-state index contributed by atoms with van der Waals surface area (Å²) in [6.45, 7) is 4.09. The van der Waals surface area contributed by atoms with Crippen LogP contribution in [0.3, 0.4) is 0 Å². The monoisotopic (exact) mass is 362 g/mol. The summed E-state index contributed by atoms with van der Waals surface area (Å²) < 4.78 is 0. The molecule has 0 spiro atoms. The van der Waals surface area contributed by atoms with Gasteiger partial charge in [-0.15, -0.1) is 0 Å². The van der Waals surface area contributed by atoms with Crippen molar-refractivity contribution in [3.63, 3.8) is 0 Å². The number of hydrogen-bond donors (Lipinski definition) is 1. The fraction of sp³-hybridized carbons (Fsp3) is 0.190. The van der Waals surface area contributed by atoms with Crippen molar-refractivity contribution in [3.05, 3.63) is 70.4 Å². The van der Waals surface area contributed by atoms with E-state index in [0.29, 0.717) is 17.3 Å². The number of aryl methyl sites for hydroxylation is 1. The molecule has 0 unspecified atom stereocenters. The summed E-state index contributed by atoms with van der Waals surface area (Å²) in [5.41, 5.74) is 4.83. The molecule has 3 aromatic rings. The highest BCUT2D eigenvalue weighted by Crippen LogP contribution is 2.27. The number of rotatable bonds is 5. The molecule has 3 rings (SSSR count). The Bertz CT molecular complexity index is 959. The Hall–Kier alpha value is -2.90. The van der Waals surface area contributed by atoms with E-state index in [0.717, 1.165) is 40.3 Å². The molecule has 1 aromatic heterocycles. The van der Waals surface area contributed by atoms with Crippen LogP contribution >= 0.6 is 11.6 Å². The van der Waals surface area contributed by atoms with Crippen LogP contribution in [0.15, 0.2) is 48.5 Å². The standard InChI is InChI=1S/C21H19ClN4/c1-3-19-14(2)24-20(16-5-4-6-17(22)13-16)26-21(19)25-18-9-7-15(8-10-18)11-12-23/h4-10,13H,3,11H2,1-2H3,(H,24,25,26). The molecule has 0 saturated heterocycles. The Morgan fingerprint density at radius 3 is 2.54 bits per heavy atom. The van der Waals surface area contributed by atoms with E-state index < -0.39 is 0 Å². The molecule has 0 fully saturated rings. The van der Waals surface area contributed by atoms with Crippen molar-refractivity contribution in [2.45, 2.75) is 26.7 Å². The second kappa shape index (κ2) is 7.99. The normalized spacial score (nSPS) is 10.4. The van der Waals surface area contributed by atoms with Gasteiger partial charge in [0.25, 0.3) is 0 Å². The first-order valence-corrected chi connectivity index (χ1v) is 8.85. The Balaban J connectivity index is 1.98. The highest BCUT2D eigenvalue weighted by atomic mass is 35.5. The molecule has 0 aliphatic carbocycles. The van der Waals surface area contributed by atoms with Crippen molar-refractivity contribution in [1.29, 1.82) is 5.26 Å². The minimum absolute atomic E-state index is 0.409. The molecule has 26 heavy (non-hydrogen) atoms. The molecule has 130 valence electrons. The van der Waals surface area contributed by atoms with Crippen molar-refractivity contribution in [2.75, 3.05) is 5.32 Å². The maximum atomic E-state index is 8.79. The van der Waals surface area contributed by atoms with E-state index in [1.807, 2.05) is 55.5 Å². The number of benzene rings is 2. The van der Waals surface area contributed by atoms with Gasteiger partial charge in [-0.1, -0.05) is 42.8 Å². The first-order valence-electron chi connectivity index (χ1n) is 8.47. The summed E-state index contributed by atoms with van der Waals surface area (Å²) >= 11 is 6.11. The SMILES string of the molecule is CCc1c(C)nc(-c2cccc(Cl)c2)nc1Nc1ccc(CC#N)cc1. The largest absolute Gasteiger partial charge is 0.340 e. The zero-order chi connectivity index (χ0) is 18.5. The molecule has 0 radical (unpaired) electrons. The second-order valence-electron chi connectivity index (χ2n) is 5.98. The predicted molar refractivity (Wildman–Crippen MR) is 106 cm³/mol. The minimum Gasteiger partial charge on any atom is -0.340 e. The van der Waals surface area contributed by atoms with Crippen LogP contribution < -0.4 is 5.32 Å². The number of nitriles is 1. The molecule has 0 aliphatic rings. The summed E-state index contributed by atoms with van der Waals surface area (Å²) in [6, 6.07) is 17.5. The summed E-state index contributed by atoms with van der Waals surface area (Å²) in [5, 5.41) is 12.8. The van der Waals surface area contributed by atoms with Crippen LogP contribution in [0.2, 0.25) is 5.02 Å². The molecular weight excluding hydrogens is 344 g/mol. The van der Waals surface area contributed by atoms with Crippen molar-refractivity contribution in [3.8, 4) is 17.5 Å². The Labute approximate surface area is 158 Å². The third kappa shape index (κ3) is 4.01. The number of hydrogen-bond acceptors (Lipinski definition) is 4. The van der Waals surface area contributed by atoms with E-state index in [2.05, 4.69) is 23.3 Å². The Morgan fingerprint density at radius 2 is 1.88 bits per heavy atom. The molecule has 4 nitrogen and oxygen atoms in total.